The molecule has 0 saturated heterocycles. The molecule has 1 aromatic carbocycles. The molecule has 0 radical (unpaired) electrons. The smallest absolute Gasteiger partial charge is 0.335 e. The van der Waals surface area contributed by atoms with Gasteiger partial charge in [0.25, 0.3) is 0 Å². The highest BCUT2D eigenvalue weighted by Gasteiger charge is 2.22. The van der Waals surface area contributed by atoms with E-state index in [1.807, 2.05) is 6.08 Å². The average Bonchev–Trinajstić information content (AvgIpc) is 2.40. The van der Waals surface area contributed by atoms with Crippen LogP contribution >= 0.6 is 0 Å². The van der Waals surface area contributed by atoms with Gasteiger partial charge in [0.15, 0.2) is 0 Å². The molecular formula is C15H16O4. The molecule has 2 rings (SSSR count). The van der Waals surface area contributed by atoms with Crippen LogP contribution in [0.1, 0.15) is 41.6 Å². The number of hydrogen-bond donors (Lipinski definition) is 2. The Hall–Kier alpha value is -2.10. The monoisotopic (exact) mass is 260 g/mol. The van der Waals surface area contributed by atoms with Gasteiger partial charge in [0, 0.05) is 0 Å². The number of aliphatic carboxylic acids is 1. The number of carboxylic acids is 2. The predicted octanol–water partition coefficient (Wildman–Crippen LogP) is 3.04. The van der Waals surface area contributed by atoms with Gasteiger partial charge in [-0.05, 0) is 43.4 Å². The van der Waals surface area contributed by atoms with Crippen molar-refractivity contribution in [3.8, 4) is 0 Å². The topological polar surface area (TPSA) is 74.6 Å². The second-order valence-corrected chi connectivity index (χ2v) is 4.84. The molecule has 0 bridgehead atoms. The quantitative estimate of drug-likeness (QED) is 0.875. The second kappa shape index (κ2) is 5.69. The van der Waals surface area contributed by atoms with Crippen molar-refractivity contribution in [1.82, 2.24) is 0 Å². The minimum atomic E-state index is -0.929. The van der Waals surface area contributed by atoms with Crippen LogP contribution in [0.4, 0.5) is 0 Å². The zero-order valence-electron chi connectivity index (χ0n) is 10.5. The largest absolute Gasteiger partial charge is 0.481 e. The van der Waals surface area contributed by atoms with Crippen LogP contribution in [0.3, 0.4) is 0 Å². The van der Waals surface area contributed by atoms with Gasteiger partial charge in [-0.25, -0.2) is 4.79 Å². The summed E-state index contributed by atoms with van der Waals surface area (Å²) < 4.78 is 0. The van der Waals surface area contributed by atoms with Gasteiger partial charge in [-0.3, -0.25) is 4.79 Å². The van der Waals surface area contributed by atoms with Gasteiger partial charge >= 0.3 is 11.9 Å². The van der Waals surface area contributed by atoms with Crippen molar-refractivity contribution in [1.29, 1.82) is 0 Å². The van der Waals surface area contributed by atoms with E-state index in [0.29, 0.717) is 12.8 Å². The summed E-state index contributed by atoms with van der Waals surface area (Å²) in [7, 11) is 0. The molecule has 1 saturated carbocycles. The van der Waals surface area contributed by atoms with E-state index < -0.39 is 11.9 Å². The number of aromatic carboxylic acids is 1. The van der Waals surface area contributed by atoms with Crippen LogP contribution in [-0.4, -0.2) is 22.2 Å². The first kappa shape index (κ1) is 13.3. The summed E-state index contributed by atoms with van der Waals surface area (Å²) in [5, 5.41) is 17.7. The van der Waals surface area contributed by atoms with E-state index in [9.17, 15) is 9.59 Å². The van der Waals surface area contributed by atoms with E-state index >= 15 is 0 Å². The maximum atomic E-state index is 10.8. The molecule has 1 aromatic rings. The van der Waals surface area contributed by atoms with Crippen molar-refractivity contribution >= 4 is 18.0 Å². The molecule has 1 aliphatic carbocycles. The van der Waals surface area contributed by atoms with Gasteiger partial charge < -0.3 is 10.2 Å². The second-order valence-electron chi connectivity index (χ2n) is 4.84. The van der Waals surface area contributed by atoms with Gasteiger partial charge in [0.1, 0.15) is 0 Å². The van der Waals surface area contributed by atoms with Crippen LogP contribution in [0, 0.1) is 5.92 Å². The van der Waals surface area contributed by atoms with E-state index in [1.54, 1.807) is 24.3 Å². The summed E-state index contributed by atoms with van der Waals surface area (Å²) in [4.78, 5) is 21.6. The lowest BCUT2D eigenvalue weighted by atomic mass is 9.85. The molecule has 100 valence electrons. The van der Waals surface area contributed by atoms with E-state index in [4.69, 9.17) is 10.2 Å². The Morgan fingerprint density at radius 3 is 2.11 bits per heavy atom. The first-order chi connectivity index (χ1) is 9.06. The van der Waals surface area contributed by atoms with Crippen molar-refractivity contribution < 1.29 is 19.8 Å². The lowest BCUT2D eigenvalue weighted by Gasteiger charge is -2.20. The Kier molecular flexibility index (Phi) is 4.00. The molecule has 1 aliphatic rings. The van der Waals surface area contributed by atoms with Crippen LogP contribution in [0.5, 0.6) is 0 Å². The van der Waals surface area contributed by atoms with Crippen molar-refractivity contribution in [3.05, 3.63) is 41.0 Å². The highest BCUT2D eigenvalue weighted by atomic mass is 16.4. The highest BCUT2D eigenvalue weighted by molar-refractivity contribution is 5.87. The third kappa shape index (κ3) is 3.44. The normalized spacial score (nSPS) is 18.9. The zero-order valence-corrected chi connectivity index (χ0v) is 10.5. The molecule has 19 heavy (non-hydrogen) atoms. The minimum Gasteiger partial charge on any atom is -0.481 e. The number of hydrogen-bond acceptors (Lipinski definition) is 2. The summed E-state index contributed by atoms with van der Waals surface area (Å²) in [5.74, 6) is -1.85. The molecule has 1 fully saturated rings. The number of carbonyl (C=O) groups is 2. The Morgan fingerprint density at radius 1 is 1.05 bits per heavy atom. The summed E-state index contributed by atoms with van der Waals surface area (Å²) in [6.07, 6.45) is 5.02. The van der Waals surface area contributed by atoms with E-state index in [2.05, 4.69) is 0 Å². The van der Waals surface area contributed by atoms with Crippen LogP contribution in [0.25, 0.3) is 6.08 Å². The fourth-order valence-corrected chi connectivity index (χ4v) is 2.34. The van der Waals surface area contributed by atoms with Gasteiger partial charge in [-0.2, -0.15) is 0 Å². The average molecular weight is 260 g/mol. The predicted molar refractivity (Wildman–Crippen MR) is 71.0 cm³/mol. The van der Waals surface area contributed by atoms with Gasteiger partial charge in [-0.15, -0.1) is 0 Å². The van der Waals surface area contributed by atoms with Crippen molar-refractivity contribution in [2.24, 2.45) is 5.92 Å². The lowest BCUT2D eigenvalue weighted by molar-refractivity contribution is -0.142. The Balaban J connectivity index is 2.02. The van der Waals surface area contributed by atoms with Gasteiger partial charge in [-0.1, -0.05) is 23.8 Å². The molecule has 0 aliphatic heterocycles. The molecular weight excluding hydrogens is 244 g/mol. The van der Waals surface area contributed by atoms with Crippen molar-refractivity contribution in [3.63, 3.8) is 0 Å². The fourth-order valence-electron chi connectivity index (χ4n) is 2.34. The third-order valence-electron chi connectivity index (χ3n) is 3.51. The van der Waals surface area contributed by atoms with Crippen molar-refractivity contribution in [2.45, 2.75) is 25.7 Å². The fraction of sp³-hybridized carbons (Fsp3) is 0.333. The Morgan fingerprint density at radius 2 is 1.63 bits per heavy atom. The molecule has 0 amide bonds. The first-order valence-electron chi connectivity index (χ1n) is 6.32. The molecule has 0 aromatic heterocycles. The molecule has 2 N–H and O–H groups in total. The maximum absolute atomic E-state index is 10.8. The zero-order chi connectivity index (χ0) is 13.8. The summed E-state index contributed by atoms with van der Waals surface area (Å²) >= 11 is 0. The Labute approximate surface area is 111 Å². The number of carboxylic acid groups (broad SMARTS) is 2. The SMILES string of the molecule is O=C(O)c1ccc(C=C2CCC(C(=O)O)CC2)cc1. The molecule has 0 unspecified atom stereocenters. The van der Waals surface area contributed by atoms with E-state index in [-0.39, 0.29) is 11.5 Å². The minimum absolute atomic E-state index is 0.216. The maximum Gasteiger partial charge on any atom is 0.335 e. The van der Waals surface area contributed by atoms with Gasteiger partial charge in [0.2, 0.25) is 0 Å². The van der Waals surface area contributed by atoms with E-state index in [0.717, 1.165) is 18.4 Å². The van der Waals surface area contributed by atoms with Crippen LogP contribution < -0.4 is 0 Å². The van der Waals surface area contributed by atoms with E-state index in [1.165, 1.54) is 5.57 Å². The Bertz CT molecular complexity index is 503. The first-order valence-corrected chi connectivity index (χ1v) is 6.32. The summed E-state index contributed by atoms with van der Waals surface area (Å²) in [5.41, 5.74) is 2.48. The molecule has 0 heterocycles. The number of benzene rings is 1. The van der Waals surface area contributed by atoms with Crippen LogP contribution in [0.15, 0.2) is 29.8 Å². The summed E-state index contributed by atoms with van der Waals surface area (Å²) in [6, 6.07) is 6.72. The number of allylic oxidation sites excluding steroid dienone is 1. The molecule has 0 atom stereocenters. The van der Waals surface area contributed by atoms with Crippen molar-refractivity contribution in [2.75, 3.05) is 0 Å². The summed E-state index contributed by atoms with van der Waals surface area (Å²) in [6.45, 7) is 0. The molecule has 4 heteroatoms. The van der Waals surface area contributed by atoms with Crippen LogP contribution in [-0.2, 0) is 4.79 Å². The lowest BCUT2D eigenvalue weighted by Crippen LogP contribution is -2.17. The molecule has 4 nitrogen and oxygen atoms in total. The standard InChI is InChI=1S/C15H16O4/c16-14(17)12-5-1-10(2-6-12)9-11-3-7-13(8-4-11)15(18)19/h1-2,5-6,9,13H,3-4,7-8H2,(H,16,17)(H,18,19). The number of rotatable bonds is 3. The molecule has 0 spiro atoms. The highest BCUT2D eigenvalue weighted by Crippen LogP contribution is 2.29. The third-order valence-corrected chi connectivity index (χ3v) is 3.51. The van der Waals surface area contributed by atoms with Gasteiger partial charge in [0.05, 0.1) is 11.5 Å². The van der Waals surface area contributed by atoms with Crippen LogP contribution in [0.2, 0.25) is 0 Å².